The van der Waals surface area contributed by atoms with E-state index in [1.165, 1.54) is 13.2 Å². The Bertz CT molecular complexity index is 349. The van der Waals surface area contributed by atoms with E-state index in [1.807, 2.05) is 0 Å². The van der Waals surface area contributed by atoms with E-state index in [4.69, 9.17) is 4.42 Å². The molecule has 0 aliphatic heterocycles. The van der Waals surface area contributed by atoms with E-state index >= 15 is 0 Å². The fourth-order valence-corrected chi connectivity index (χ4v) is 1.10. The number of carbonyl (C=O) groups excluding carboxylic acids is 1. The van der Waals surface area contributed by atoms with Crippen LogP contribution in [0.5, 0.6) is 0 Å². The van der Waals surface area contributed by atoms with E-state index < -0.39 is 24.7 Å². The topological polar surface area (TPSA) is 54.3 Å². The molecule has 1 atom stereocenters. The molecule has 1 amide bonds. The smallest absolute Gasteiger partial charge is 0.405 e. The predicted octanol–water partition coefficient (Wildman–Crippen LogP) is 1.44. The SMILES string of the molecule is CC(NCc1ccco1)C(=O)NCC(F)(F)F. The van der Waals surface area contributed by atoms with E-state index in [1.54, 1.807) is 17.4 Å². The average Bonchev–Trinajstić information content (AvgIpc) is 2.74. The van der Waals surface area contributed by atoms with Crippen LogP contribution in [0.2, 0.25) is 0 Å². The van der Waals surface area contributed by atoms with Gasteiger partial charge in [-0.2, -0.15) is 13.2 Å². The zero-order chi connectivity index (χ0) is 12.9. The molecule has 0 spiro atoms. The highest BCUT2D eigenvalue weighted by Gasteiger charge is 2.28. The van der Waals surface area contributed by atoms with Crippen LogP contribution in [0.3, 0.4) is 0 Å². The molecule has 7 heteroatoms. The minimum absolute atomic E-state index is 0.285. The van der Waals surface area contributed by atoms with Crippen molar-refractivity contribution in [3.63, 3.8) is 0 Å². The van der Waals surface area contributed by atoms with Crippen LogP contribution >= 0.6 is 0 Å². The molecule has 4 nitrogen and oxygen atoms in total. The van der Waals surface area contributed by atoms with Gasteiger partial charge in [0, 0.05) is 0 Å². The lowest BCUT2D eigenvalue weighted by Gasteiger charge is -2.14. The van der Waals surface area contributed by atoms with Crippen LogP contribution in [0.15, 0.2) is 22.8 Å². The lowest BCUT2D eigenvalue weighted by Crippen LogP contribution is -2.44. The molecule has 1 unspecified atom stereocenters. The summed E-state index contributed by atoms with van der Waals surface area (Å²) in [6.45, 7) is 0.445. The molecular formula is C10H13F3N2O2. The van der Waals surface area contributed by atoms with Gasteiger partial charge in [-0.15, -0.1) is 0 Å². The van der Waals surface area contributed by atoms with Crippen LogP contribution < -0.4 is 10.6 Å². The van der Waals surface area contributed by atoms with Crippen molar-refractivity contribution in [2.24, 2.45) is 0 Å². The Morgan fingerprint density at radius 3 is 2.76 bits per heavy atom. The third-order valence-electron chi connectivity index (χ3n) is 2.02. The van der Waals surface area contributed by atoms with Gasteiger partial charge < -0.3 is 9.73 Å². The van der Waals surface area contributed by atoms with Gasteiger partial charge in [0.2, 0.25) is 5.91 Å². The summed E-state index contributed by atoms with van der Waals surface area (Å²) in [6, 6.07) is 2.67. The van der Waals surface area contributed by atoms with E-state index in [-0.39, 0.29) is 6.54 Å². The largest absolute Gasteiger partial charge is 0.468 e. The Morgan fingerprint density at radius 2 is 2.24 bits per heavy atom. The molecular weight excluding hydrogens is 237 g/mol. The van der Waals surface area contributed by atoms with Gasteiger partial charge in [-0.05, 0) is 19.1 Å². The van der Waals surface area contributed by atoms with Gasteiger partial charge in [-0.25, -0.2) is 0 Å². The summed E-state index contributed by atoms with van der Waals surface area (Å²) in [5, 5.41) is 4.54. The van der Waals surface area contributed by atoms with Crippen LogP contribution in [0.4, 0.5) is 13.2 Å². The normalized spacial score (nSPS) is 13.4. The maximum absolute atomic E-state index is 11.8. The molecule has 0 radical (unpaired) electrons. The molecule has 0 saturated carbocycles. The first-order valence-electron chi connectivity index (χ1n) is 4.99. The molecule has 0 aliphatic carbocycles. The monoisotopic (exact) mass is 250 g/mol. The summed E-state index contributed by atoms with van der Waals surface area (Å²) in [4.78, 5) is 11.2. The van der Waals surface area contributed by atoms with Crippen LogP contribution in [0.25, 0.3) is 0 Å². The first kappa shape index (κ1) is 13.6. The molecule has 0 bridgehead atoms. The minimum Gasteiger partial charge on any atom is -0.468 e. The van der Waals surface area contributed by atoms with Crippen molar-refractivity contribution in [1.82, 2.24) is 10.6 Å². The second-order valence-corrected chi connectivity index (χ2v) is 3.51. The van der Waals surface area contributed by atoms with E-state index in [0.29, 0.717) is 5.76 Å². The molecule has 0 fully saturated rings. The number of halogens is 3. The van der Waals surface area contributed by atoms with E-state index in [0.717, 1.165) is 0 Å². The Hall–Kier alpha value is -1.50. The predicted molar refractivity (Wildman–Crippen MR) is 54.1 cm³/mol. The average molecular weight is 250 g/mol. The van der Waals surface area contributed by atoms with Crippen molar-refractivity contribution < 1.29 is 22.4 Å². The highest BCUT2D eigenvalue weighted by molar-refractivity contribution is 5.81. The molecule has 1 heterocycles. The summed E-state index contributed by atoms with van der Waals surface area (Å²) in [5.41, 5.74) is 0. The van der Waals surface area contributed by atoms with Gasteiger partial charge in [0.05, 0.1) is 18.8 Å². The van der Waals surface area contributed by atoms with Gasteiger partial charge in [0.15, 0.2) is 0 Å². The highest BCUT2D eigenvalue weighted by Crippen LogP contribution is 2.12. The van der Waals surface area contributed by atoms with Crippen molar-refractivity contribution in [3.05, 3.63) is 24.2 Å². The van der Waals surface area contributed by atoms with Crippen molar-refractivity contribution in [2.75, 3.05) is 6.54 Å². The van der Waals surface area contributed by atoms with Crippen LogP contribution in [0, 0.1) is 0 Å². The molecule has 1 aromatic rings. The lowest BCUT2D eigenvalue weighted by atomic mass is 10.3. The number of alkyl halides is 3. The Balaban J connectivity index is 2.27. The summed E-state index contributed by atoms with van der Waals surface area (Å²) >= 11 is 0. The lowest BCUT2D eigenvalue weighted by molar-refractivity contribution is -0.139. The molecule has 96 valence electrons. The number of hydrogen-bond acceptors (Lipinski definition) is 3. The Morgan fingerprint density at radius 1 is 1.53 bits per heavy atom. The molecule has 0 aromatic carbocycles. The standard InChI is InChI=1S/C10H13F3N2O2/c1-7(9(16)15-6-10(11,12)13)14-5-8-3-2-4-17-8/h2-4,7,14H,5-6H2,1H3,(H,15,16). The fraction of sp³-hybridized carbons (Fsp3) is 0.500. The molecule has 0 saturated heterocycles. The van der Waals surface area contributed by atoms with Gasteiger partial charge in [-0.1, -0.05) is 0 Å². The van der Waals surface area contributed by atoms with Gasteiger partial charge in [0.25, 0.3) is 0 Å². The molecule has 1 aromatic heterocycles. The van der Waals surface area contributed by atoms with E-state index in [9.17, 15) is 18.0 Å². The highest BCUT2D eigenvalue weighted by atomic mass is 19.4. The number of rotatable bonds is 5. The number of furan rings is 1. The zero-order valence-electron chi connectivity index (χ0n) is 9.17. The van der Waals surface area contributed by atoms with Crippen molar-refractivity contribution in [2.45, 2.75) is 25.7 Å². The molecule has 2 N–H and O–H groups in total. The first-order chi connectivity index (χ1) is 7.88. The summed E-state index contributed by atoms with van der Waals surface area (Å²) in [7, 11) is 0. The second kappa shape index (κ2) is 5.72. The Labute approximate surface area is 96.2 Å². The van der Waals surface area contributed by atoms with Gasteiger partial charge >= 0.3 is 6.18 Å². The quantitative estimate of drug-likeness (QED) is 0.831. The van der Waals surface area contributed by atoms with Crippen molar-refractivity contribution in [1.29, 1.82) is 0 Å². The Kier molecular flexibility index (Phi) is 4.56. The third kappa shape index (κ3) is 5.39. The molecule has 17 heavy (non-hydrogen) atoms. The second-order valence-electron chi connectivity index (χ2n) is 3.51. The first-order valence-corrected chi connectivity index (χ1v) is 4.99. The number of amides is 1. The third-order valence-corrected chi connectivity index (χ3v) is 2.02. The van der Waals surface area contributed by atoms with Gasteiger partial charge in [0.1, 0.15) is 12.3 Å². The maximum Gasteiger partial charge on any atom is 0.405 e. The van der Waals surface area contributed by atoms with Crippen molar-refractivity contribution >= 4 is 5.91 Å². The van der Waals surface area contributed by atoms with Crippen LogP contribution in [0.1, 0.15) is 12.7 Å². The van der Waals surface area contributed by atoms with E-state index in [2.05, 4.69) is 5.32 Å². The summed E-state index contributed by atoms with van der Waals surface area (Å²) in [5.74, 6) is -0.0886. The van der Waals surface area contributed by atoms with Gasteiger partial charge in [-0.3, -0.25) is 10.1 Å². The van der Waals surface area contributed by atoms with Crippen molar-refractivity contribution in [3.8, 4) is 0 Å². The molecule has 1 rings (SSSR count). The fourth-order valence-electron chi connectivity index (χ4n) is 1.10. The number of carbonyl (C=O) groups is 1. The zero-order valence-corrected chi connectivity index (χ0v) is 9.17. The number of hydrogen-bond donors (Lipinski definition) is 2. The minimum atomic E-state index is -4.39. The molecule has 0 aliphatic rings. The summed E-state index contributed by atoms with van der Waals surface area (Å²) < 4.78 is 40.5. The maximum atomic E-state index is 11.8. The van der Waals surface area contributed by atoms with Crippen LogP contribution in [-0.2, 0) is 11.3 Å². The van der Waals surface area contributed by atoms with Crippen LogP contribution in [-0.4, -0.2) is 24.7 Å². The number of nitrogens with one attached hydrogen (secondary N) is 2. The summed E-state index contributed by atoms with van der Waals surface area (Å²) in [6.07, 6.45) is -2.91.